The molecule has 0 aliphatic heterocycles. The van der Waals surface area contributed by atoms with Gasteiger partial charge in [-0.1, -0.05) is 12.7 Å². The molecule has 0 aromatic rings. The van der Waals surface area contributed by atoms with Crippen molar-refractivity contribution in [1.82, 2.24) is 0 Å². The molecule has 0 aliphatic carbocycles. The Morgan fingerprint density at radius 3 is 2.06 bits per heavy atom. The quantitative estimate of drug-likeness (QED) is 0.176. The van der Waals surface area contributed by atoms with E-state index in [2.05, 4.69) is 11.3 Å². The van der Waals surface area contributed by atoms with Crippen LogP contribution in [0, 0.1) is 0 Å². The third kappa shape index (κ3) is 38.6. The number of carbonyl (C=O) groups excluding carboxylic acids is 1. The van der Waals surface area contributed by atoms with Crippen molar-refractivity contribution in [2.75, 3.05) is 6.61 Å². The second-order valence-corrected chi connectivity index (χ2v) is 3.15. The van der Waals surface area contributed by atoms with Crippen LogP contribution in [-0.4, -0.2) is 41.2 Å². The van der Waals surface area contributed by atoms with Crippen molar-refractivity contribution >= 4 is 22.3 Å². The van der Waals surface area contributed by atoms with E-state index in [0.29, 0.717) is 0 Å². The average molecular weight is 294 g/mol. The van der Waals surface area contributed by atoms with E-state index in [4.69, 9.17) is 22.6 Å². The molecule has 0 heterocycles. The Bertz CT molecular complexity index is 328. The van der Waals surface area contributed by atoms with Crippen LogP contribution in [0.5, 0.6) is 0 Å². The molecule has 0 saturated carbocycles. The van der Waals surface area contributed by atoms with Gasteiger partial charge in [-0.3, -0.25) is 14.1 Å². The summed E-state index contributed by atoms with van der Waals surface area (Å²) in [6.45, 7) is 3.47. The Morgan fingerprint density at radius 2 is 1.76 bits per heavy atom. The zero-order chi connectivity index (χ0) is 13.2. The Kier molecular flexibility index (Phi) is 16.6. The van der Waals surface area contributed by atoms with E-state index in [9.17, 15) is 9.59 Å². The van der Waals surface area contributed by atoms with Gasteiger partial charge in [0.2, 0.25) is 10.4 Å². The van der Waals surface area contributed by atoms with Gasteiger partial charge in [0, 0.05) is 0 Å². The number of hydrogen-bond donors (Lipinski definition) is 2. The number of carboxylic acid groups (broad SMARTS) is 1. The minimum absolute atomic E-state index is 0. The van der Waals surface area contributed by atoms with E-state index in [0.717, 1.165) is 0 Å². The largest absolute Gasteiger partial charge is 1.00 e. The number of carbonyl (C=O) groups is 2. The number of rotatable bonds is 5. The summed E-state index contributed by atoms with van der Waals surface area (Å²) in [6.07, 6.45) is 1.16. The van der Waals surface area contributed by atoms with E-state index in [1.807, 2.05) is 0 Å². The molecule has 0 radical (unpaired) electrons. The molecule has 94 valence electrons. The smallest absolute Gasteiger partial charge is 0.726 e. The number of ether oxygens (including phenoxy) is 1. The van der Waals surface area contributed by atoms with Crippen LogP contribution in [0.3, 0.4) is 0 Å². The molecule has 0 spiro atoms. The van der Waals surface area contributed by atoms with Gasteiger partial charge < -0.3 is 14.4 Å². The van der Waals surface area contributed by atoms with Gasteiger partial charge in [0.15, 0.2) is 0 Å². The first-order valence-corrected chi connectivity index (χ1v) is 5.20. The monoisotopic (exact) mass is 294 g/mol. The molecule has 0 aliphatic rings. The normalized spacial score (nSPS) is 9.06. The van der Waals surface area contributed by atoms with E-state index < -0.39 is 22.3 Å². The minimum atomic E-state index is -4.92. The Balaban J connectivity index is -0.000000280. The number of esters is 1. The summed E-state index contributed by atoms with van der Waals surface area (Å²) >= 11 is 0. The van der Waals surface area contributed by atoms with Crippen LogP contribution in [0.2, 0.25) is 0 Å². The summed E-state index contributed by atoms with van der Waals surface area (Å²) in [5.74, 6) is -1.51. The molecule has 0 amide bonds. The first kappa shape index (κ1) is 22.4. The molecular weight excluding hydrogens is 283 g/mol. The summed E-state index contributed by atoms with van der Waals surface area (Å²) in [6, 6.07) is 0. The summed E-state index contributed by atoms with van der Waals surface area (Å²) < 4.78 is 37.4. The van der Waals surface area contributed by atoms with Gasteiger partial charge >= 0.3 is 63.3 Å². The summed E-state index contributed by atoms with van der Waals surface area (Å²) in [4.78, 5) is 20.5. The van der Waals surface area contributed by atoms with Crippen LogP contribution < -0.4 is 51.4 Å². The molecule has 0 fully saturated rings. The van der Waals surface area contributed by atoms with Gasteiger partial charge in [-0.15, -0.1) is 0 Å². The minimum Gasteiger partial charge on any atom is -0.726 e. The summed E-state index contributed by atoms with van der Waals surface area (Å²) in [5, 5.41) is 8.16. The van der Waals surface area contributed by atoms with Crippen molar-refractivity contribution in [1.29, 1.82) is 0 Å². The maximum Gasteiger partial charge on any atom is 1.00 e. The summed E-state index contributed by atoms with van der Waals surface area (Å²) in [5.41, 5.74) is 0. The van der Waals surface area contributed by atoms with Gasteiger partial charge in [0.05, 0.1) is 12.8 Å². The standard InChI is InChI=1S/C7H10O4.K.H2O4S/c1-2-5-11-7(10)4-3-6(8)9;;1-5(2,3)4/h2H,1,3-5H2,(H,8,9);;(H2,1,2,3,4)/q;+1;/p-1. The predicted molar refractivity (Wildman–Crippen MR) is 50.4 cm³/mol. The van der Waals surface area contributed by atoms with Crippen LogP contribution in [0.25, 0.3) is 0 Å². The van der Waals surface area contributed by atoms with Crippen molar-refractivity contribution in [2.24, 2.45) is 0 Å². The van der Waals surface area contributed by atoms with Gasteiger partial charge in [-0.2, -0.15) is 0 Å². The van der Waals surface area contributed by atoms with E-state index >= 15 is 0 Å². The molecule has 0 rings (SSSR count). The van der Waals surface area contributed by atoms with Crippen LogP contribution in [-0.2, 0) is 24.7 Å². The summed E-state index contributed by atoms with van der Waals surface area (Å²) in [7, 11) is -4.92. The molecule has 17 heavy (non-hydrogen) atoms. The van der Waals surface area contributed by atoms with Crippen molar-refractivity contribution in [2.45, 2.75) is 12.8 Å². The molecule has 0 saturated heterocycles. The van der Waals surface area contributed by atoms with E-state index in [1.165, 1.54) is 6.08 Å². The van der Waals surface area contributed by atoms with Crippen molar-refractivity contribution in [3.05, 3.63) is 12.7 Å². The first-order chi connectivity index (χ1) is 7.16. The van der Waals surface area contributed by atoms with Gasteiger partial charge in [0.1, 0.15) is 6.61 Å². The molecule has 10 heteroatoms. The van der Waals surface area contributed by atoms with Crippen LogP contribution in [0.1, 0.15) is 12.8 Å². The zero-order valence-corrected chi connectivity index (χ0v) is 13.1. The molecule has 2 N–H and O–H groups in total. The maximum atomic E-state index is 10.6. The second-order valence-electron chi connectivity index (χ2n) is 2.29. The maximum absolute atomic E-state index is 10.6. The van der Waals surface area contributed by atoms with Crippen LogP contribution >= 0.6 is 0 Å². The van der Waals surface area contributed by atoms with Gasteiger partial charge in [-0.25, -0.2) is 8.42 Å². The van der Waals surface area contributed by atoms with E-state index in [-0.39, 0.29) is 70.8 Å². The fourth-order valence-corrected chi connectivity index (χ4v) is 0.433. The molecule has 0 unspecified atom stereocenters. The SMILES string of the molecule is C=CCOC(=O)CCC(=O)O.O=S(=O)([O-])O.[K+]. The molecule has 0 aromatic heterocycles. The Morgan fingerprint density at radius 1 is 1.35 bits per heavy atom. The van der Waals surface area contributed by atoms with Crippen LogP contribution in [0.4, 0.5) is 0 Å². The first-order valence-electron chi connectivity index (χ1n) is 3.83. The van der Waals surface area contributed by atoms with Crippen LogP contribution in [0.15, 0.2) is 12.7 Å². The fourth-order valence-electron chi connectivity index (χ4n) is 0.433. The number of carboxylic acids is 1. The number of hydrogen-bond acceptors (Lipinski definition) is 6. The Labute approximate surface area is 141 Å². The van der Waals surface area contributed by atoms with Crippen molar-refractivity contribution in [3.63, 3.8) is 0 Å². The fraction of sp³-hybridized carbons (Fsp3) is 0.429. The third-order valence-electron chi connectivity index (χ3n) is 0.905. The second kappa shape index (κ2) is 12.6. The number of aliphatic carboxylic acids is 1. The van der Waals surface area contributed by atoms with Gasteiger partial charge in [0.25, 0.3) is 0 Å². The molecule has 0 bridgehead atoms. The predicted octanol–water partition coefficient (Wildman–Crippen LogP) is -3.41. The third-order valence-corrected chi connectivity index (χ3v) is 0.905. The topological polar surface area (TPSA) is 141 Å². The molecule has 0 atom stereocenters. The van der Waals surface area contributed by atoms with E-state index in [1.54, 1.807) is 0 Å². The average Bonchev–Trinajstić information content (AvgIpc) is 2.08. The molecule has 8 nitrogen and oxygen atoms in total. The van der Waals surface area contributed by atoms with Crippen molar-refractivity contribution < 1.29 is 88.3 Å². The molecular formula is C7H11KO8S. The van der Waals surface area contributed by atoms with Crippen molar-refractivity contribution in [3.8, 4) is 0 Å². The van der Waals surface area contributed by atoms with Gasteiger partial charge in [-0.05, 0) is 0 Å². The Hall–Kier alpha value is 0.186. The zero-order valence-electron chi connectivity index (χ0n) is 9.16. The molecule has 0 aromatic carbocycles.